The molecule has 2 rings (SSSR count). The van der Waals surface area contributed by atoms with Crippen LogP contribution in [0.1, 0.15) is 24.5 Å². The number of hydrogen-bond donors (Lipinski definition) is 0. The summed E-state index contributed by atoms with van der Waals surface area (Å²) in [5, 5.41) is 0. The standard InChI is InChI=1S/C20H25NO2/c1-3-23-20(22)14-11-18-9-12-19(13-10-18)21(2)16-15-17-7-5-4-6-8-17/h4-10,12-13H,3,11,14-16H2,1-2H3. The topological polar surface area (TPSA) is 29.5 Å². The Morgan fingerprint density at radius 3 is 2.26 bits per heavy atom. The summed E-state index contributed by atoms with van der Waals surface area (Å²) in [5.41, 5.74) is 3.71. The molecule has 3 nitrogen and oxygen atoms in total. The molecule has 0 aliphatic carbocycles. The zero-order valence-electron chi connectivity index (χ0n) is 14.0. The minimum absolute atomic E-state index is 0.128. The number of nitrogens with zero attached hydrogens (tertiary/aromatic N) is 1. The van der Waals surface area contributed by atoms with Crippen LogP contribution in [0.2, 0.25) is 0 Å². The molecule has 0 saturated carbocycles. The first-order valence-corrected chi connectivity index (χ1v) is 8.18. The molecule has 0 aliphatic rings. The van der Waals surface area contributed by atoms with Crippen LogP contribution in [-0.4, -0.2) is 26.2 Å². The minimum Gasteiger partial charge on any atom is -0.466 e. The van der Waals surface area contributed by atoms with Crippen LogP contribution in [0.25, 0.3) is 0 Å². The van der Waals surface area contributed by atoms with Crippen molar-refractivity contribution in [2.75, 3.05) is 25.1 Å². The van der Waals surface area contributed by atoms with Crippen LogP contribution < -0.4 is 4.90 Å². The molecule has 3 heteroatoms. The maximum Gasteiger partial charge on any atom is 0.306 e. The predicted octanol–water partition coefficient (Wildman–Crippen LogP) is 3.86. The second-order valence-electron chi connectivity index (χ2n) is 5.63. The van der Waals surface area contributed by atoms with Crippen LogP contribution in [0.3, 0.4) is 0 Å². The smallest absolute Gasteiger partial charge is 0.306 e. The average Bonchev–Trinajstić information content (AvgIpc) is 2.59. The molecule has 122 valence electrons. The third-order valence-electron chi connectivity index (χ3n) is 3.88. The van der Waals surface area contributed by atoms with Gasteiger partial charge in [0.2, 0.25) is 0 Å². The van der Waals surface area contributed by atoms with Crippen LogP contribution >= 0.6 is 0 Å². The van der Waals surface area contributed by atoms with E-state index in [-0.39, 0.29) is 5.97 Å². The molecule has 0 N–H and O–H groups in total. The maximum absolute atomic E-state index is 11.4. The van der Waals surface area contributed by atoms with Gasteiger partial charge >= 0.3 is 5.97 Å². The van der Waals surface area contributed by atoms with Gasteiger partial charge in [0.05, 0.1) is 6.61 Å². The van der Waals surface area contributed by atoms with E-state index in [9.17, 15) is 4.79 Å². The van der Waals surface area contributed by atoms with Crippen LogP contribution in [-0.2, 0) is 22.4 Å². The van der Waals surface area contributed by atoms with Gasteiger partial charge in [0.25, 0.3) is 0 Å². The fourth-order valence-electron chi connectivity index (χ4n) is 2.47. The Labute approximate surface area is 138 Å². The van der Waals surface area contributed by atoms with E-state index in [1.54, 1.807) is 0 Å². The number of benzene rings is 2. The summed E-state index contributed by atoms with van der Waals surface area (Å²) < 4.78 is 4.95. The van der Waals surface area contributed by atoms with Gasteiger partial charge in [-0.25, -0.2) is 0 Å². The summed E-state index contributed by atoms with van der Waals surface area (Å²) in [4.78, 5) is 13.6. The van der Waals surface area contributed by atoms with Gasteiger partial charge in [0.1, 0.15) is 0 Å². The lowest BCUT2D eigenvalue weighted by molar-refractivity contribution is -0.143. The molecule has 0 spiro atoms. The van der Waals surface area contributed by atoms with Gasteiger partial charge in [-0.05, 0) is 43.0 Å². The molecule has 0 saturated heterocycles. The number of rotatable bonds is 8. The van der Waals surface area contributed by atoms with Crippen molar-refractivity contribution < 1.29 is 9.53 Å². The van der Waals surface area contributed by atoms with E-state index >= 15 is 0 Å². The first-order valence-electron chi connectivity index (χ1n) is 8.18. The minimum atomic E-state index is -0.128. The molecule has 2 aromatic rings. The summed E-state index contributed by atoms with van der Waals surface area (Å²) in [6.07, 6.45) is 2.20. The number of likely N-dealkylation sites (N-methyl/N-ethyl adjacent to an activating group) is 1. The SMILES string of the molecule is CCOC(=O)CCc1ccc(N(C)CCc2ccccc2)cc1. The lowest BCUT2D eigenvalue weighted by atomic mass is 10.1. The van der Waals surface area contributed by atoms with Crippen LogP contribution in [0.4, 0.5) is 5.69 Å². The van der Waals surface area contributed by atoms with Crippen molar-refractivity contribution in [3.63, 3.8) is 0 Å². The second-order valence-corrected chi connectivity index (χ2v) is 5.63. The molecule has 0 fully saturated rings. The molecule has 0 radical (unpaired) electrons. The highest BCUT2D eigenvalue weighted by atomic mass is 16.5. The van der Waals surface area contributed by atoms with Crippen LogP contribution in [0, 0.1) is 0 Å². The number of esters is 1. The molecule has 0 aromatic heterocycles. The Balaban J connectivity index is 1.82. The zero-order valence-corrected chi connectivity index (χ0v) is 14.0. The fourth-order valence-corrected chi connectivity index (χ4v) is 2.47. The summed E-state index contributed by atoms with van der Waals surface area (Å²) in [7, 11) is 2.11. The molecule has 0 bridgehead atoms. The molecule has 23 heavy (non-hydrogen) atoms. The van der Waals surface area contributed by atoms with E-state index in [1.165, 1.54) is 16.8 Å². The summed E-state index contributed by atoms with van der Waals surface area (Å²) >= 11 is 0. The molecular formula is C20H25NO2. The second kappa shape index (κ2) is 8.99. The van der Waals surface area contributed by atoms with E-state index < -0.39 is 0 Å². The quantitative estimate of drug-likeness (QED) is 0.693. The fraction of sp³-hybridized carbons (Fsp3) is 0.350. The Hall–Kier alpha value is -2.29. The van der Waals surface area contributed by atoms with Crippen LogP contribution in [0.15, 0.2) is 54.6 Å². The Morgan fingerprint density at radius 2 is 1.61 bits per heavy atom. The number of anilines is 1. The molecule has 0 aliphatic heterocycles. The molecule has 0 atom stereocenters. The monoisotopic (exact) mass is 311 g/mol. The van der Waals surface area contributed by atoms with E-state index in [0.29, 0.717) is 13.0 Å². The largest absolute Gasteiger partial charge is 0.466 e. The van der Waals surface area contributed by atoms with Gasteiger partial charge in [0.15, 0.2) is 0 Å². The maximum atomic E-state index is 11.4. The molecule has 2 aromatic carbocycles. The van der Waals surface area contributed by atoms with E-state index in [0.717, 1.165) is 19.4 Å². The van der Waals surface area contributed by atoms with Gasteiger partial charge in [-0.1, -0.05) is 42.5 Å². The lowest BCUT2D eigenvalue weighted by Gasteiger charge is -2.19. The normalized spacial score (nSPS) is 10.3. The highest BCUT2D eigenvalue weighted by Gasteiger charge is 2.04. The van der Waals surface area contributed by atoms with E-state index in [1.807, 2.05) is 13.0 Å². The number of aryl methyl sites for hydroxylation is 1. The van der Waals surface area contributed by atoms with Crippen molar-refractivity contribution in [2.24, 2.45) is 0 Å². The number of carbonyl (C=O) groups is 1. The van der Waals surface area contributed by atoms with Gasteiger partial charge in [0, 0.05) is 25.7 Å². The van der Waals surface area contributed by atoms with Crippen molar-refractivity contribution in [1.29, 1.82) is 0 Å². The third-order valence-corrected chi connectivity index (χ3v) is 3.88. The summed E-state index contributed by atoms with van der Waals surface area (Å²) in [6.45, 7) is 3.26. The van der Waals surface area contributed by atoms with Crippen molar-refractivity contribution in [3.8, 4) is 0 Å². The van der Waals surface area contributed by atoms with Crippen molar-refractivity contribution in [1.82, 2.24) is 0 Å². The number of hydrogen-bond acceptors (Lipinski definition) is 3. The number of carbonyl (C=O) groups excluding carboxylic acids is 1. The Bertz CT molecular complexity index is 593. The first-order chi connectivity index (χ1) is 11.2. The van der Waals surface area contributed by atoms with Gasteiger partial charge < -0.3 is 9.64 Å². The van der Waals surface area contributed by atoms with Crippen LogP contribution in [0.5, 0.6) is 0 Å². The van der Waals surface area contributed by atoms with Gasteiger partial charge in [-0.2, -0.15) is 0 Å². The van der Waals surface area contributed by atoms with Crippen molar-refractivity contribution >= 4 is 11.7 Å². The van der Waals surface area contributed by atoms with Gasteiger partial charge in [-0.15, -0.1) is 0 Å². The molecule has 0 unspecified atom stereocenters. The molecular weight excluding hydrogens is 286 g/mol. The highest BCUT2D eigenvalue weighted by molar-refractivity contribution is 5.69. The predicted molar refractivity (Wildman–Crippen MR) is 94.8 cm³/mol. The van der Waals surface area contributed by atoms with Gasteiger partial charge in [-0.3, -0.25) is 4.79 Å². The highest BCUT2D eigenvalue weighted by Crippen LogP contribution is 2.15. The zero-order chi connectivity index (χ0) is 16.5. The lowest BCUT2D eigenvalue weighted by Crippen LogP contribution is -2.20. The van der Waals surface area contributed by atoms with Crippen molar-refractivity contribution in [2.45, 2.75) is 26.2 Å². The first kappa shape index (κ1) is 17.1. The number of ether oxygens (including phenoxy) is 1. The average molecular weight is 311 g/mol. The Kier molecular flexibility index (Phi) is 6.67. The molecule has 0 heterocycles. The summed E-state index contributed by atoms with van der Waals surface area (Å²) in [6, 6.07) is 18.9. The van der Waals surface area contributed by atoms with E-state index in [2.05, 4.69) is 60.5 Å². The summed E-state index contributed by atoms with van der Waals surface area (Å²) in [5.74, 6) is -0.128. The Morgan fingerprint density at radius 1 is 0.957 bits per heavy atom. The molecule has 0 amide bonds. The van der Waals surface area contributed by atoms with E-state index in [4.69, 9.17) is 4.74 Å². The third kappa shape index (κ3) is 5.78. The van der Waals surface area contributed by atoms with Crippen molar-refractivity contribution in [3.05, 3.63) is 65.7 Å².